The van der Waals surface area contributed by atoms with Gasteiger partial charge in [0.05, 0.1) is 37.7 Å². The molecular weight excluding hydrogens is 398 g/mol. The van der Waals surface area contributed by atoms with Crippen LogP contribution < -0.4 is 19.9 Å². The van der Waals surface area contributed by atoms with Gasteiger partial charge in [0, 0.05) is 24.7 Å². The van der Waals surface area contributed by atoms with Gasteiger partial charge in [0.25, 0.3) is 0 Å². The van der Waals surface area contributed by atoms with Gasteiger partial charge < -0.3 is 29.1 Å². The smallest absolute Gasteiger partial charge is 0.217 e. The fourth-order valence-electron chi connectivity index (χ4n) is 2.64. The van der Waals surface area contributed by atoms with Crippen molar-refractivity contribution in [3.8, 4) is 11.5 Å². The van der Waals surface area contributed by atoms with Gasteiger partial charge in [-0.25, -0.2) is 0 Å². The molecule has 0 aliphatic carbocycles. The second-order valence-electron chi connectivity index (χ2n) is 6.11. The molecule has 1 amide bonds. The number of hydrogen-bond donors (Lipinski definition) is 1. The van der Waals surface area contributed by atoms with Gasteiger partial charge >= 0.3 is 0 Å². The Bertz CT molecular complexity index is 851. The van der Waals surface area contributed by atoms with E-state index in [0.29, 0.717) is 22.8 Å². The number of benzene rings is 1. The number of methoxy groups -OCH3 is 2. The van der Waals surface area contributed by atoms with Crippen molar-refractivity contribution in [2.45, 2.75) is 24.6 Å². The van der Waals surface area contributed by atoms with Gasteiger partial charge in [-0.05, 0) is 30.3 Å². The highest BCUT2D eigenvalue weighted by Crippen LogP contribution is 2.35. The van der Waals surface area contributed by atoms with Crippen molar-refractivity contribution < 1.29 is 33.4 Å². The lowest BCUT2D eigenvalue weighted by molar-refractivity contribution is -0.307. The van der Waals surface area contributed by atoms with E-state index in [0.717, 1.165) is 0 Å². The van der Waals surface area contributed by atoms with E-state index >= 15 is 0 Å². The summed E-state index contributed by atoms with van der Waals surface area (Å²) in [5.41, 5.74) is 0.429. The molecule has 2 atom stereocenters. The zero-order valence-corrected chi connectivity index (χ0v) is 17.1. The van der Waals surface area contributed by atoms with Gasteiger partial charge in [0.1, 0.15) is 5.76 Å². The molecule has 0 saturated heterocycles. The lowest BCUT2D eigenvalue weighted by Crippen LogP contribution is -2.48. The minimum atomic E-state index is -1.39. The van der Waals surface area contributed by atoms with Crippen LogP contribution in [0.15, 0.2) is 41.0 Å². The van der Waals surface area contributed by atoms with Crippen LogP contribution in [0.25, 0.3) is 0 Å². The SMILES string of the molecule is COc1ccc(C(=O)C[C@H](SC[C@H](NC(C)=O)C(=O)[O-])c2ccco2)cc1OC. The fourth-order valence-corrected chi connectivity index (χ4v) is 3.85. The Morgan fingerprint density at radius 1 is 1.17 bits per heavy atom. The Labute approximate surface area is 172 Å². The molecule has 2 aromatic rings. The molecule has 0 unspecified atom stereocenters. The van der Waals surface area contributed by atoms with Gasteiger partial charge in [-0.2, -0.15) is 0 Å². The minimum Gasteiger partial charge on any atom is -0.548 e. The molecule has 1 aromatic carbocycles. The average Bonchev–Trinajstić information content (AvgIpc) is 3.23. The highest BCUT2D eigenvalue weighted by Gasteiger charge is 2.23. The zero-order valence-electron chi connectivity index (χ0n) is 16.3. The largest absolute Gasteiger partial charge is 0.548 e. The fraction of sp³-hybridized carbons (Fsp3) is 0.350. The van der Waals surface area contributed by atoms with E-state index < -0.39 is 23.2 Å². The maximum atomic E-state index is 12.8. The van der Waals surface area contributed by atoms with Crippen LogP contribution in [0.4, 0.5) is 0 Å². The number of rotatable bonds is 11. The Morgan fingerprint density at radius 3 is 2.45 bits per heavy atom. The van der Waals surface area contributed by atoms with Crippen molar-refractivity contribution in [2.75, 3.05) is 20.0 Å². The number of ether oxygens (including phenoxy) is 2. The van der Waals surface area contributed by atoms with E-state index in [2.05, 4.69) is 5.32 Å². The van der Waals surface area contributed by atoms with E-state index in [1.807, 2.05) is 0 Å². The number of aliphatic carboxylic acids is 1. The predicted molar refractivity (Wildman–Crippen MR) is 105 cm³/mol. The third-order valence-corrected chi connectivity index (χ3v) is 5.39. The summed E-state index contributed by atoms with van der Waals surface area (Å²) >= 11 is 1.19. The Kier molecular flexibility index (Phi) is 8.14. The van der Waals surface area contributed by atoms with Crippen molar-refractivity contribution in [1.29, 1.82) is 0 Å². The first-order chi connectivity index (χ1) is 13.8. The minimum absolute atomic E-state index is 0.0203. The maximum absolute atomic E-state index is 12.8. The van der Waals surface area contributed by atoms with E-state index in [-0.39, 0.29) is 18.0 Å². The molecule has 0 fully saturated rings. The average molecular weight is 420 g/mol. The molecule has 0 aliphatic heterocycles. The van der Waals surface area contributed by atoms with Crippen LogP contribution >= 0.6 is 11.8 Å². The summed E-state index contributed by atoms with van der Waals surface area (Å²) in [4.78, 5) is 35.3. The number of Topliss-reactive ketones (excluding diaryl/α,β-unsaturated/α-hetero) is 1. The van der Waals surface area contributed by atoms with Crippen molar-refractivity contribution in [3.63, 3.8) is 0 Å². The summed E-state index contributed by atoms with van der Waals surface area (Å²) in [6.45, 7) is 1.23. The van der Waals surface area contributed by atoms with Crippen molar-refractivity contribution >= 4 is 29.4 Å². The summed E-state index contributed by atoms with van der Waals surface area (Å²) in [5.74, 6) is -0.552. The number of nitrogens with one attached hydrogen (secondary N) is 1. The number of ketones is 1. The van der Waals surface area contributed by atoms with E-state index in [4.69, 9.17) is 13.9 Å². The summed E-state index contributed by atoms with van der Waals surface area (Å²) in [5, 5.41) is 13.1. The molecule has 8 nitrogen and oxygen atoms in total. The zero-order chi connectivity index (χ0) is 21.4. The van der Waals surface area contributed by atoms with Crippen LogP contribution in [0.2, 0.25) is 0 Å². The van der Waals surface area contributed by atoms with Crippen LogP contribution in [0, 0.1) is 0 Å². The van der Waals surface area contributed by atoms with Crippen molar-refractivity contribution in [3.05, 3.63) is 47.9 Å². The monoisotopic (exact) mass is 420 g/mol. The lowest BCUT2D eigenvalue weighted by atomic mass is 10.0. The van der Waals surface area contributed by atoms with E-state index in [1.165, 1.54) is 39.2 Å². The molecule has 0 spiro atoms. The van der Waals surface area contributed by atoms with Crippen molar-refractivity contribution in [2.24, 2.45) is 0 Å². The van der Waals surface area contributed by atoms with Gasteiger partial charge in [-0.15, -0.1) is 11.8 Å². The molecular formula is C20H22NO7S-. The summed E-state index contributed by atoms with van der Waals surface area (Å²) < 4.78 is 15.8. The van der Waals surface area contributed by atoms with Crippen LogP contribution in [0.3, 0.4) is 0 Å². The number of carboxylic acid groups (broad SMARTS) is 1. The first-order valence-electron chi connectivity index (χ1n) is 8.73. The normalized spacial score (nSPS) is 12.7. The molecule has 0 aliphatic rings. The molecule has 0 saturated carbocycles. The molecule has 9 heteroatoms. The highest BCUT2D eigenvalue weighted by molar-refractivity contribution is 7.99. The summed E-state index contributed by atoms with van der Waals surface area (Å²) in [6, 6.07) is 7.09. The third kappa shape index (κ3) is 6.28. The second-order valence-corrected chi connectivity index (χ2v) is 7.34. The van der Waals surface area contributed by atoms with Gasteiger partial charge in [0.2, 0.25) is 5.91 Å². The molecule has 1 heterocycles. The predicted octanol–water partition coefficient (Wildman–Crippen LogP) is 1.60. The van der Waals surface area contributed by atoms with E-state index in [1.54, 1.807) is 30.3 Å². The topological polar surface area (TPSA) is 118 Å². The first-order valence-corrected chi connectivity index (χ1v) is 9.78. The first kappa shape index (κ1) is 22.4. The molecule has 29 heavy (non-hydrogen) atoms. The molecule has 1 aromatic heterocycles. The van der Waals surface area contributed by atoms with Crippen LogP contribution in [0.5, 0.6) is 11.5 Å². The number of carboxylic acids is 1. The quantitative estimate of drug-likeness (QED) is 0.545. The number of carbonyl (C=O) groups is 3. The third-order valence-electron chi connectivity index (χ3n) is 4.06. The number of amides is 1. The van der Waals surface area contributed by atoms with Crippen molar-refractivity contribution in [1.82, 2.24) is 5.32 Å². The Hall–Kier alpha value is -2.94. The van der Waals surface area contributed by atoms with Crippen LogP contribution in [-0.2, 0) is 9.59 Å². The molecule has 0 bridgehead atoms. The number of carbonyl (C=O) groups excluding carboxylic acids is 3. The number of furan rings is 1. The second kappa shape index (κ2) is 10.6. The van der Waals surface area contributed by atoms with Gasteiger partial charge in [0.15, 0.2) is 17.3 Å². The van der Waals surface area contributed by atoms with Crippen LogP contribution in [-0.4, -0.2) is 43.7 Å². The maximum Gasteiger partial charge on any atom is 0.217 e. The van der Waals surface area contributed by atoms with E-state index in [9.17, 15) is 19.5 Å². The molecule has 2 rings (SSSR count). The Morgan fingerprint density at radius 2 is 1.90 bits per heavy atom. The lowest BCUT2D eigenvalue weighted by Gasteiger charge is -2.21. The molecule has 0 radical (unpaired) electrons. The number of hydrogen-bond acceptors (Lipinski definition) is 8. The Balaban J connectivity index is 2.16. The standard InChI is InChI=1S/C20H23NO7S/c1-12(22)21-14(20(24)25)11-29-19(17-5-4-8-28-17)10-15(23)13-6-7-16(26-2)18(9-13)27-3/h4-9,14,19H,10-11H2,1-3H3,(H,21,22)(H,24,25)/p-1/t14-,19-/m0/s1. The van der Waals surface area contributed by atoms with Gasteiger partial charge in [-0.3, -0.25) is 9.59 Å². The molecule has 156 valence electrons. The summed E-state index contributed by atoms with van der Waals surface area (Å²) in [6.07, 6.45) is 1.54. The van der Waals surface area contributed by atoms with Crippen LogP contribution in [0.1, 0.15) is 34.7 Å². The highest BCUT2D eigenvalue weighted by atomic mass is 32.2. The summed E-state index contributed by atoms with van der Waals surface area (Å²) in [7, 11) is 2.99. The molecule has 1 N–H and O–H groups in total. The van der Waals surface area contributed by atoms with Gasteiger partial charge in [-0.1, -0.05) is 0 Å². The number of thioether (sulfide) groups is 1.